The number of para-hydroxylation sites is 1. The Morgan fingerprint density at radius 2 is 1.54 bits per heavy atom. The zero-order valence-corrected chi connectivity index (χ0v) is 20.4. The summed E-state index contributed by atoms with van der Waals surface area (Å²) in [4.78, 5) is 4.50. The Morgan fingerprint density at radius 3 is 2.40 bits per heavy atom. The second-order valence-electron chi connectivity index (χ2n) is 10.0. The van der Waals surface area contributed by atoms with Gasteiger partial charge in [-0.05, 0) is 41.0 Å². The number of hydrogen-bond donors (Lipinski definition) is 0. The van der Waals surface area contributed by atoms with E-state index in [0.717, 1.165) is 5.69 Å². The van der Waals surface area contributed by atoms with Crippen LogP contribution in [0.2, 0.25) is 0 Å². The minimum atomic E-state index is -0.0988. The van der Waals surface area contributed by atoms with Crippen molar-refractivity contribution < 1.29 is 0 Å². The fourth-order valence-electron chi connectivity index (χ4n) is 6.44. The predicted octanol–water partition coefficient (Wildman–Crippen LogP) is 8.85. The van der Waals surface area contributed by atoms with Crippen LogP contribution in [0.4, 0.5) is 0 Å². The van der Waals surface area contributed by atoms with Crippen LogP contribution in [0.15, 0.2) is 97.3 Å². The Morgan fingerprint density at radius 1 is 0.771 bits per heavy atom. The van der Waals surface area contributed by atoms with Crippen molar-refractivity contribution in [2.75, 3.05) is 0 Å². The highest BCUT2D eigenvalue weighted by Gasteiger charge is 2.40. The third kappa shape index (κ3) is 2.32. The molecule has 0 N–H and O–H groups in total. The first-order chi connectivity index (χ1) is 17.2. The summed E-state index contributed by atoms with van der Waals surface area (Å²) in [7, 11) is 0. The van der Waals surface area contributed by atoms with Gasteiger partial charge in [-0.25, -0.2) is 0 Å². The lowest BCUT2D eigenvalue weighted by Gasteiger charge is -2.23. The fraction of sp³-hybridized carbons (Fsp3) is 0.0938. The average molecular weight is 467 g/mol. The van der Waals surface area contributed by atoms with Crippen LogP contribution >= 0.6 is 11.3 Å². The summed E-state index contributed by atoms with van der Waals surface area (Å²) in [6.45, 7) is 4.79. The molecule has 8 rings (SSSR count). The molecule has 35 heavy (non-hydrogen) atoms. The monoisotopic (exact) mass is 466 g/mol. The van der Waals surface area contributed by atoms with E-state index in [1.807, 2.05) is 29.8 Å². The Kier molecular flexibility index (Phi) is 3.64. The summed E-state index contributed by atoms with van der Waals surface area (Å²) in [5.41, 5.74) is 9.10. The molecule has 0 radical (unpaired) electrons. The molecule has 7 aromatic rings. The molecule has 4 aromatic carbocycles. The van der Waals surface area contributed by atoms with Crippen LogP contribution < -0.4 is 0 Å². The van der Waals surface area contributed by atoms with E-state index in [2.05, 4.69) is 102 Å². The first kappa shape index (κ1) is 19.4. The van der Waals surface area contributed by atoms with Crippen molar-refractivity contribution >= 4 is 53.3 Å². The SMILES string of the molecule is CC1(C)c2ccccc2-c2c1c1c3ccccc3sc1c1c3ccccc3n(-c3cccnc3)c21. The summed E-state index contributed by atoms with van der Waals surface area (Å²) in [6.07, 6.45) is 3.84. The molecule has 3 aromatic heterocycles. The predicted molar refractivity (Wildman–Crippen MR) is 149 cm³/mol. The number of nitrogens with zero attached hydrogens (tertiary/aromatic N) is 2. The van der Waals surface area contributed by atoms with Crippen LogP contribution in [-0.2, 0) is 5.41 Å². The van der Waals surface area contributed by atoms with Crippen molar-refractivity contribution in [2.24, 2.45) is 0 Å². The highest BCUT2D eigenvalue weighted by Crippen LogP contribution is 2.58. The maximum Gasteiger partial charge on any atom is 0.0645 e. The van der Waals surface area contributed by atoms with E-state index < -0.39 is 0 Å². The Bertz CT molecular complexity index is 1970. The Balaban J connectivity index is 1.76. The third-order valence-corrected chi connectivity index (χ3v) is 9.02. The summed E-state index contributed by atoms with van der Waals surface area (Å²) >= 11 is 1.93. The maximum absolute atomic E-state index is 4.50. The van der Waals surface area contributed by atoms with Gasteiger partial charge in [0.2, 0.25) is 0 Å². The molecule has 0 saturated carbocycles. The quantitative estimate of drug-likeness (QED) is 0.236. The van der Waals surface area contributed by atoms with Crippen LogP contribution in [0.3, 0.4) is 0 Å². The summed E-state index contributed by atoms with van der Waals surface area (Å²) < 4.78 is 5.18. The topological polar surface area (TPSA) is 17.8 Å². The lowest BCUT2D eigenvalue weighted by molar-refractivity contribution is 0.667. The van der Waals surface area contributed by atoms with Crippen molar-refractivity contribution in [1.82, 2.24) is 9.55 Å². The number of benzene rings is 4. The van der Waals surface area contributed by atoms with Crippen molar-refractivity contribution in [3.63, 3.8) is 0 Å². The molecule has 0 unspecified atom stereocenters. The first-order valence-electron chi connectivity index (χ1n) is 12.1. The molecule has 3 heteroatoms. The fourth-order valence-corrected chi connectivity index (χ4v) is 7.71. The lowest BCUT2D eigenvalue weighted by atomic mass is 9.80. The molecule has 0 atom stereocenters. The summed E-state index contributed by atoms with van der Waals surface area (Å²) in [6, 6.07) is 31.0. The van der Waals surface area contributed by atoms with Crippen LogP contribution in [0.25, 0.3) is 58.8 Å². The van der Waals surface area contributed by atoms with E-state index in [4.69, 9.17) is 0 Å². The van der Waals surface area contributed by atoms with Crippen molar-refractivity contribution in [3.8, 4) is 16.8 Å². The van der Waals surface area contributed by atoms with Gasteiger partial charge in [-0.3, -0.25) is 4.98 Å². The average Bonchev–Trinajstić information content (AvgIpc) is 3.51. The molecule has 0 amide bonds. The van der Waals surface area contributed by atoms with Gasteiger partial charge < -0.3 is 4.57 Å². The second-order valence-corrected chi connectivity index (χ2v) is 11.1. The van der Waals surface area contributed by atoms with Crippen molar-refractivity contribution in [3.05, 3.63) is 108 Å². The lowest BCUT2D eigenvalue weighted by Crippen LogP contribution is -2.15. The number of rotatable bonds is 1. The highest BCUT2D eigenvalue weighted by molar-refractivity contribution is 7.26. The van der Waals surface area contributed by atoms with Gasteiger partial charge in [0.15, 0.2) is 0 Å². The molecule has 1 aliphatic rings. The summed E-state index contributed by atoms with van der Waals surface area (Å²) in [5.74, 6) is 0. The number of pyridine rings is 1. The third-order valence-electron chi connectivity index (χ3n) is 7.83. The highest BCUT2D eigenvalue weighted by atomic mass is 32.1. The maximum atomic E-state index is 4.50. The van der Waals surface area contributed by atoms with E-state index in [9.17, 15) is 0 Å². The molecule has 0 saturated heterocycles. The van der Waals surface area contributed by atoms with Crippen LogP contribution in [0.5, 0.6) is 0 Å². The van der Waals surface area contributed by atoms with E-state index in [1.54, 1.807) is 0 Å². The summed E-state index contributed by atoms with van der Waals surface area (Å²) in [5, 5.41) is 5.44. The second kappa shape index (κ2) is 6.59. The minimum Gasteiger partial charge on any atom is -0.307 e. The zero-order valence-electron chi connectivity index (χ0n) is 19.5. The van der Waals surface area contributed by atoms with Crippen LogP contribution in [0.1, 0.15) is 25.0 Å². The zero-order chi connectivity index (χ0) is 23.3. The van der Waals surface area contributed by atoms with Gasteiger partial charge in [0.25, 0.3) is 0 Å². The van der Waals surface area contributed by atoms with Gasteiger partial charge in [-0.1, -0.05) is 74.5 Å². The number of fused-ring (bicyclic) bond motifs is 12. The van der Waals surface area contributed by atoms with E-state index in [-0.39, 0.29) is 5.41 Å². The van der Waals surface area contributed by atoms with E-state index >= 15 is 0 Å². The van der Waals surface area contributed by atoms with Crippen molar-refractivity contribution in [1.29, 1.82) is 0 Å². The van der Waals surface area contributed by atoms with Crippen LogP contribution in [-0.4, -0.2) is 9.55 Å². The standard InChI is InChI=1S/C32H22N2S/c1-32(2)23-14-6-3-11-20(23)26-29(32)27-22-13-5-8-16-25(22)35-31(27)28-21-12-4-7-15-24(21)34(30(26)28)19-10-9-17-33-18-19/h3-18H,1-2H3. The van der Waals surface area contributed by atoms with Gasteiger partial charge in [0.05, 0.1) is 22.9 Å². The molecule has 0 fully saturated rings. The van der Waals surface area contributed by atoms with E-state index in [1.165, 1.54) is 64.2 Å². The number of hydrogen-bond acceptors (Lipinski definition) is 2. The van der Waals surface area contributed by atoms with Gasteiger partial charge in [0, 0.05) is 48.1 Å². The molecule has 0 spiro atoms. The molecule has 0 bridgehead atoms. The van der Waals surface area contributed by atoms with Gasteiger partial charge >= 0.3 is 0 Å². The molecule has 3 heterocycles. The first-order valence-corrected chi connectivity index (χ1v) is 12.9. The number of thiophene rings is 1. The minimum absolute atomic E-state index is 0.0988. The Hall–Kier alpha value is -3.95. The molecule has 166 valence electrons. The van der Waals surface area contributed by atoms with Gasteiger partial charge in [-0.2, -0.15) is 0 Å². The van der Waals surface area contributed by atoms with Gasteiger partial charge in [0.1, 0.15) is 0 Å². The normalized spacial score (nSPS) is 14.2. The van der Waals surface area contributed by atoms with Crippen LogP contribution in [0, 0.1) is 0 Å². The van der Waals surface area contributed by atoms with Gasteiger partial charge in [-0.15, -0.1) is 11.3 Å². The van der Waals surface area contributed by atoms with E-state index in [0.29, 0.717) is 0 Å². The molecular weight excluding hydrogens is 444 g/mol. The molecular formula is C32H22N2S. The molecule has 0 aliphatic heterocycles. The molecule has 1 aliphatic carbocycles. The molecule has 2 nitrogen and oxygen atoms in total. The smallest absolute Gasteiger partial charge is 0.0645 e. The number of aromatic nitrogens is 2. The Labute approximate surface area is 207 Å². The van der Waals surface area contributed by atoms with Crippen molar-refractivity contribution in [2.45, 2.75) is 19.3 Å². The largest absolute Gasteiger partial charge is 0.307 e.